The summed E-state index contributed by atoms with van der Waals surface area (Å²) in [6.45, 7) is 3.87. The Hall–Kier alpha value is 1.13. The Balaban J connectivity index is 0.000000383. The van der Waals surface area contributed by atoms with E-state index in [1.165, 1.54) is 27.3 Å². The first-order valence-electron chi connectivity index (χ1n) is 7.61. The monoisotopic (exact) mass is 538 g/mol. The van der Waals surface area contributed by atoms with Crippen LogP contribution in [0.3, 0.4) is 0 Å². The summed E-state index contributed by atoms with van der Waals surface area (Å²) in [5.41, 5.74) is 2.83. The molecule has 0 radical (unpaired) electrons. The molecule has 0 N–H and O–H groups in total. The second-order valence-corrected chi connectivity index (χ2v) is 42.3. The molecule has 0 aliphatic heterocycles. The van der Waals surface area contributed by atoms with Crippen LogP contribution in [0.25, 0.3) is 4.91 Å². The van der Waals surface area contributed by atoms with Gasteiger partial charge < -0.3 is 0 Å². The van der Waals surface area contributed by atoms with Gasteiger partial charge >= 0.3 is 151 Å². The molecule has 21 heavy (non-hydrogen) atoms. The molecule has 1 aliphatic carbocycles. The van der Waals surface area contributed by atoms with Gasteiger partial charge in [0.1, 0.15) is 0 Å². The molecule has 1 aromatic heterocycles. The molecule has 0 aromatic carbocycles. The fourth-order valence-corrected chi connectivity index (χ4v) is 8.88. The van der Waals surface area contributed by atoms with Gasteiger partial charge in [-0.2, -0.15) is 0 Å². The van der Waals surface area contributed by atoms with E-state index in [2.05, 4.69) is 59.9 Å². The van der Waals surface area contributed by atoms with Gasteiger partial charge in [0.25, 0.3) is 0 Å². The van der Waals surface area contributed by atoms with Crippen LogP contribution >= 0.6 is 24.0 Å². The van der Waals surface area contributed by atoms with E-state index in [0.29, 0.717) is 0 Å². The van der Waals surface area contributed by atoms with Gasteiger partial charge in [0.05, 0.1) is 0 Å². The normalized spacial score (nSPS) is 15.2. The zero-order chi connectivity index (χ0) is 16.4. The molecule has 2 rings (SSSR count). The summed E-state index contributed by atoms with van der Waals surface area (Å²) in [5.74, 6) is 0. The summed E-state index contributed by atoms with van der Waals surface area (Å²) < 4.78 is 1.66. The van der Waals surface area contributed by atoms with E-state index in [1.807, 2.05) is 17.4 Å². The maximum absolute atomic E-state index is 4.67. The predicted octanol–water partition coefficient (Wildman–Crippen LogP) is 6.02. The van der Waals surface area contributed by atoms with Gasteiger partial charge in [-0.3, -0.25) is 0 Å². The second kappa shape index (κ2) is 7.80. The maximum atomic E-state index is 4.67. The SMILES string of the molecule is C=CC1=C(S)c2s[c]([Sn]([CH3])([CH3])[CH3])cc2CC1.[CH3][Sn]([CH3])([CH3])[CH3]. The molecule has 0 spiro atoms. The Morgan fingerprint density at radius 3 is 2.05 bits per heavy atom. The van der Waals surface area contributed by atoms with Crippen molar-refractivity contribution in [1.29, 1.82) is 0 Å². The Kier molecular flexibility index (Phi) is 7.49. The van der Waals surface area contributed by atoms with Crippen molar-refractivity contribution in [3.63, 3.8) is 0 Å². The van der Waals surface area contributed by atoms with Crippen LogP contribution in [0.1, 0.15) is 16.9 Å². The summed E-state index contributed by atoms with van der Waals surface area (Å²) in [6.07, 6.45) is 4.23. The van der Waals surface area contributed by atoms with Gasteiger partial charge in [0.15, 0.2) is 0 Å². The second-order valence-electron chi connectivity index (χ2n) is 8.29. The molecule has 4 heteroatoms. The first-order chi connectivity index (χ1) is 9.43. The molecular weight excluding hydrogens is 506 g/mol. The average Bonchev–Trinajstić information content (AvgIpc) is 2.71. The first-order valence-corrected chi connectivity index (χ1v) is 30.3. The molecule has 0 unspecified atom stereocenters. The van der Waals surface area contributed by atoms with Crippen molar-refractivity contribution in [2.45, 2.75) is 47.4 Å². The van der Waals surface area contributed by atoms with E-state index in [-0.39, 0.29) is 0 Å². The zero-order valence-electron chi connectivity index (χ0n) is 14.6. The number of allylic oxidation sites excluding steroid dienone is 2. The molecule has 1 aliphatic rings. The van der Waals surface area contributed by atoms with Crippen LogP contribution in [0.2, 0.25) is 34.6 Å². The summed E-state index contributed by atoms with van der Waals surface area (Å²) in [4.78, 5) is 19.6. The molecule has 118 valence electrons. The van der Waals surface area contributed by atoms with E-state index in [4.69, 9.17) is 0 Å². The van der Waals surface area contributed by atoms with Crippen molar-refractivity contribution in [2.75, 3.05) is 0 Å². The quantitative estimate of drug-likeness (QED) is 0.347. The van der Waals surface area contributed by atoms with Crippen LogP contribution in [0.15, 0.2) is 24.3 Å². The third-order valence-corrected chi connectivity index (χ3v) is 14.3. The molecule has 1 heterocycles. The van der Waals surface area contributed by atoms with Crippen LogP contribution in [0, 0.1) is 0 Å². The number of thiol groups is 1. The van der Waals surface area contributed by atoms with Gasteiger partial charge in [-0.05, 0) is 0 Å². The molecule has 0 saturated carbocycles. The molecule has 0 amide bonds. The van der Waals surface area contributed by atoms with Crippen molar-refractivity contribution >= 4 is 68.5 Å². The molecule has 0 atom stereocenters. The number of thiophene rings is 1. The van der Waals surface area contributed by atoms with E-state index in [0.717, 1.165) is 6.42 Å². The zero-order valence-corrected chi connectivity index (χ0v) is 22.1. The number of hydrogen-bond acceptors (Lipinski definition) is 2. The van der Waals surface area contributed by atoms with Gasteiger partial charge in [-0.25, -0.2) is 0 Å². The van der Waals surface area contributed by atoms with Crippen molar-refractivity contribution in [1.82, 2.24) is 0 Å². The first kappa shape index (κ1) is 20.2. The minimum absolute atomic E-state index is 1.10. The average molecular weight is 536 g/mol. The molecular formula is C17H30S2Sn2. The van der Waals surface area contributed by atoms with Crippen LogP contribution in [0.4, 0.5) is 0 Å². The predicted molar refractivity (Wildman–Crippen MR) is 111 cm³/mol. The number of hydrogen-bond donors (Lipinski definition) is 1. The number of aryl methyl sites for hydroxylation is 1. The van der Waals surface area contributed by atoms with Crippen molar-refractivity contribution < 1.29 is 0 Å². The van der Waals surface area contributed by atoms with Gasteiger partial charge in [0, 0.05) is 0 Å². The molecule has 0 nitrogen and oxygen atoms in total. The van der Waals surface area contributed by atoms with E-state index >= 15 is 0 Å². The summed E-state index contributed by atoms with van der Waals surface area (Å²) in [7, 11) is 0. The van der Waals surface area contributed by atoms with Crippen LogP contribution in [-0.4, -0.2) is 36.8 Å². The third kappa shape index (κ3) is 6.64. The third-order valence-electron chi connectivity index (χ3n) is 2.98. The molecule has 1 aromatic rings. The summed E-state index contributed by atoms with van der Waals surface area (Å²) in [5, 5.41) is 0. The fraction of sp³-hybridized carbons (Fsp3) is 0.529. The van der Waals surface area contributed by atoms with Gasteiger partial charge in [0.2, 0.25) is 0 Å². The fourth-order valence-electron chi connectivity index (χ4n) is 1.92. The van der Waals surface area contributed by atoms with Crippen LogP contribution in [-0.2, 0) is 6.42 Å². The summed E-state index contributed by atoms with van der Waals surface area (Å²) >= 11 is 3.57. The Morgan fingerprint density at radius 1 is 1.10 bits per heavy atom. The van der Waals surface area contributed by atoms with Gasteiger partial charge in [-0.1, -0.05) is 0 Å². The van der Waals surface area contributed by atoms with Crippen LogP contribution in [0.5, 0.6) is 0 Å². The van der Waals surface area contributed by atoms with E-state index in [1.54, 1.807) is 2.89 Å². The van der Waals surface area contributed by atoms with Crippen LogP contribution < -0.4 is 2.89 Å². The van der Waals surface area contributed by atoms with Gasteiger partial charge in [-0.15, -0.1) is 0 Å². The minimum atomic E-state index is -1.90. The topological polar surface area (TPSA) is 0 Å². The number of rotatable bonds is 2. The Labute approximate surface area is 149 Å². The number of fused-ring (bicyclic) bond motifs is 1. The van der Waals surface area contributed by atoms with E-state index in [9.17, 15) is 0 Å². The van der Waals surface area contributed by atoms with E-state index < -0.39 is 36.8 Å². The van der Waals surface area contributed by atoms with Crippen molar-refractivity contribution in [3.8, 4) is 0 Å². The standard InChI is InChI=1S/C10H9S2.7CH3.2Sn/c1-2-7-3-4-8-5-6-12-10(8)9(7)11;;;;;;;;;/h2,5,11H,1,3-4H2;7*1H3;;. The Morgan fingerprint density at radius 2 is 1.62 bits per heavy atom. The molecule has 0 saturated heterocycles. The van der Waals surface area contributed by atoms with Crippen molar-refractivity contribution in [2.24, 2.45) is 0 Å². The molecule has 0 fully saturated rings. The molecule has 0 bridgehead atoms. The summed E-state index contributed by atoms with van der Waals surface area (Å²) in [6, 6.07) is 2.45. The Bertz CT molecular complexity index is 534. The van der Waals surface area contributed by atoms with Crippen molar-refractivity contribution in [3.05, 3.63) is 34.7 Å².